The highest BCUT2D eigenvalue weighted by Crippen LogP contribution is 2.40. The fraction of sp³-hybridized carbons (Fsp3) is 0.0769. The molecule has 0 saturated carbocycles. The zero-order valence-corrected chi connectivity index (χ0v) is 13.4. The summed E-state index contributed by atoms with van der Waals surface area (Å²) in [6.45, 7) is 0. The molecule has 0 radical (unpaired) electrons. The van der Waals surface area contributed by atoms with Crippen molar-refractivity contribution in [2.24, 2.45) is 0 Å². The van der Waals surface area contributed by atoms with Gasteiger partial charge in [0.15, 0.2) is 5.75 Å². The first-order chi connectivity index (χ1) is 9.92. The molecule has 0 unspecified atom stereocenters. The molecule has 2 rings (SSSR count). The Kier molecular flexibility index (Phi) is 5.03. The zero-order chi connectivity index (χ0) is 15.6. The molecule has 0 aliphatic carbocycles. The van der Waals surface area contributed by atoms with Crippen LogP contribution in [0.15, 0.2) is 30.3 Å². The number of alkyl halides is 1. The summed E-state index contributed by atoms with van der Waals surface area (Å²) >= 11 is 15.1. The van der Waals surface area contributed by atoms with E-state index in [0.29, 0.717) is 16.6 Å². The molecule has 8 heteroatoms. The minimum absolute atomic E-state index is 0.000882. The summed E-state index contributed by atoms with van der Waals surface area (Å²) in [5.41, 5.74) is 0.317. The number of ether oxygens (including phenoxy) is 1. The van der Waals surface area contributed by atoms with Crippen molar-refractivity contribution in [3.8, 4) is 11.5 Å². The Hall–Kier alpha value is -1.37. The summed E-state index contributed by atoms with van der Waals surface area (Å²) in [4.78, 5) is 10.1. The predicted molar refractivity (Wildman–Crippen MR) is 82.2 cm³/mol. The van der Waals surface area contributed by atoms with Crippen LogP contribution >= 0.6 is 39.1 Å². The lowest BCUT2D eigenvalue weighted by molar-refractivity contribution is -0.384. The van der Waals surface area contributed by atoms with Gasteiger partial charge in [-0.25, -0.2) is 4.39 Å². The summed E-state index contributed by atoms with van der Waals surface area (Å²) in [6, 6.07) is 6.24. The second-order valence-corrected chi connectivity index (χ2v) is 5.36. The Morgan fingerprint density at radius 3 is 2.38 bits per heavy atom. The predicted octanol–water partition coefficient (Wildman–Crippen LogP) is 5.73. The van der Waals surface area contributed by atoms with E-state index in [2.05, 4.69) is 15.9 Å². The van der Waals surface area contributed by atoms with Crippen LogP contribution in [0.1, 0.15) is 5.56 Å². The average molecular weight is 395 g/mol. The normalized spacial score (nSPS) is 10.5. The summed E-state index contributed by atoms with van der Waals surface area (Å²) < 4.78 is 18.7. The van der Waals surface area contributed by atoms with Crippen LogP contribution < -0.4 is 4.74 Å². The van der Waals surface area contributed by atoms with Crippen LogP contribution in [-0.4, -0.2) is 4.92 Å². The number of rotatable bonds is 4. The van der Waals surface area contributed by atoms with Gasteiger partial charge in [0.2, 0.25) is 0 Å². The zero-order valence-electron chi connectivity index (χ0n) is 10.3. The van der Waals surface area contributed by atoms with Crippen molar-refractivity contribution in [1.29, 1.82) is 0 Å². The minimum atomic E-state index is -0.608. The Morgan fingerprint density at radius 1 is 1.24 bits per heavy atom. The molecule has 0 atom stereocenters. The van der Waals surface area contributed by atoms with E-state index in [9.17, 15) is 14.5 Å². The van der Waals surface area contributed by atoms with Gasteiger partial charge >= 0.3 is 0 Å². The number of nitrogens with zero attached hydrogens (tertiary/aromatic N) is 1. The first kappa shape index (κ1) is 16.0. The van der Waals surface area contributed by atoms with E-state index >= 15 is 0 Å². The van der Waals surface area contributed by atoms with Crippen molar-refractivity contribution in [3.63, 3.8) is 0 Å². The molecule has 0 aliphatic rings. The Bertz CT molecular complexity index is 689. The number of benzene rings is 2. The first-order valence-electron chi connectivity index (χ1n) is 5.58. The number of halogens is 4. The third-order valence-corrected chi connectivity index (χ3v) is 3.74. The largest absolute Gasteiger partial charge is 0.454 e. The standard InChI is InChI=1S/C13H7BrCl2FNO3/c14-6-7-3-8(17)1-2-12(7)21-13-10(15)4-9(18(19)20)5-11(13)16/h1-5H,6H2. The van der Waals surface area contributed by atoms with E-state index in [4.69, 9.17) is 27.9 Å². The van der Waals surface area contributed by atoms with Crippen LogP contribution in [-0.2, 0) is 5.33 Å². The Balaban J connectivity index is 2.43. The Labute approximate surface area is 137 Å². The van der Waals surface area contributed by atoms with Crippen molar-refractivity contribution in [2.75, 3.05) is 0 Å². The lowest BCUT2D eigenvalue weighted by Gasteiger charge is -2.12. The van der Waals surface area contributed by atoms with Gasteiger partial charge in [0, 0.05) is 23.0 Å². The van der Waals surface area contributed by atoms with Gasteiger partial charge in [0.1, 0.15) is 11.6 Å². The highest BCUT2D eigenvalue weighted by Gasteiger charge is 2.17. The molecule has 0 saturated heterocycles. The van der Waals surface area contributed by atoms with E-state index in [1.54, 1.807) is 0 Å². The van der Waals surface area contributed by atoms with Gasteiger partial charge in [0.05, 0.1) is 15.0 Å². The number of nitro groups is 1. The number of hydrogen-bond donors (Lipinski definition) is 0. The summed E-state index contributed by atoms with van der Waals surface area (Å²) in [7, 11) is 0. The molecule has 4 nitrogen and oxygen atoms in total. The monoisotopic (exact) mass is 393 g/mol. The molecule has 0 heterocycles. The van der Waals surface area contributed by atoms with Crippen LogP contribution in [0, 0.1) is 15.9 Å². The van der Waals surface area contributed by atoms with Crippen LogP contribution in [0.4, 0.5) is 10.1 Å². The molecule has 2 aromatic rings. The molecular weight excluding hydrogens is 388 g/mol. The topological polar surface area (TPSA) is 52.4 Å². The first-order valence-corrected chi connectivity index (χ1v) is 7.45. The summed E-state index contributed by atoms with van der Waals surface area (Å²) in [5, 5.41) is 11.1. The molecule has 21 heavy (non-hydrogen) atoms. The van der Waals surface area contributed by atoms with E-state index in [1.165, 1.54) is 18.2 Å². The number of hydrogen-bond acceptors (Lipinski definition) is 3. The molecular formula is C13H7BrCl2FNO3. The maximum atomic E-state index is 13.2. The molecule has 0 fully saturated rings. The fourth-order valence-corrected chi connectivity index (χ4v) is 2.60. The second kappa shape index (κ2) is 6.60. The molecule has 110 valence electrons. The van der Waals surface area contributed by atoms with Crippen LogP contribution in [0.2, 0.25) is 10.0 Å². The highest BCUT2D eigenvalue weighted by molar-refractivity contribution is 9.08. The third-order valence-electron chi connectivity index (χ3n) is 2.57. The molecule has 0 spiro atoms. The van der Waals surface area contributed by atoms with Gasteiger partial charge < -0.3 is 4.74 Å². The smallest absolute Gasteiger partial charge is 0.272 e. The van der Waals surface area contributed by atoms with Gasteiger partial charge in [-0.2, -0.15) is 0 Å². The van der Waals surface area contributed by atoms with Crippen molar-refractivity contribution in [2.45, 2.75) is 5.33 Å². The molecule has 0 N–H and O–H groups in total. The van der Waals surface area contributed by atoms with E-state index in [-0.39, 0.29) is 21.5 Å². The van der Waals surface area contributed by atoms with Crippen molar-refractivity contribution in [3.05, 3.63) is 61.9 Å². The number of non-ortho nitro benzene ring substituents is 1. The second-order valence-electron chi connectivity index (χ2n) is 3.98. The van der Waals surface area contributed by atoms with E-state index < -0.39 is 10.7 Å². The summed E-state index contributed by atoms with van der Waals surface area (Å²) in [6.07, 6.45) is 0. The van der Waals surface area contributed by atoms with E-state index in [1.807, 2.05) is 0 Å². The average Bonchev–Trinajstić information content (AvgIpc) is 2.43. The minimum Gasteiger partial charge on any atom is -0.454 e. The lowest BCUT2D eigenvalue weighted by atomic mass is 10.2. The molecule has 0 amide bonds. The van der Waals surface area contributed by atoms with Gasteiger partial charge in [-0.15, -0.1) is 0 Å². The van der Waals surface area contributed by atoms with Gasteiger partial charge in [-0.1, -0.05) is 39.1 Å². The van der Waals surface area contributed by atoms with Gasteiger partial charge in [-0.05, 0) is 18.2 Å². The molecule has 0 aliphatic heterocycles. The maximum absolute atomic E-state index is 13.2. The number of nitro benzene ring substituents is 1. The lowest BCUT2D eigenvalue weighted by Crippen LogP contribution is -1.94. The van der Waals surface area contributed by atoms with Crippen LogP contribution in [0.5, 0.6) is 11.5 Å². The third kappa shape index (κ3) is 3.64. The SMILES string of the molecule is O=[N+]([O-])c1cc(Cl)c(Oc2ccc(F)cc2CBr)c(Cl)c1. The summed E-state index contributed by atoms with van der Waals surface area (Å²) in [5.74, 6) is 0.0290. The van der Waals surface area contributed by atoms with E-state index in [0.717, 1.165) is 12.1 Å². The van der Waals surface area contributed by atoms with Crippen LogP contribution in [0.25, 0.3) is 0 Å². The van der Waals surface area contributed by atoms with Crippen molar-refractivity contribution in [1.82, 2.24) is 0 Å². The van der Waals surface area contributed by atoms with Crippen molar-refractivity contribution < 1.29 is 14.1 Å². The molecule has 2 aromatic carbocycles. The molecule has 0 aromatic heterocycles. The maximum Gasteiger partial charge on any atom is 0.272 e. The van der Waals surface area contributed by atoms with Crippen LogP contribution in [0.3, 0.4) is 0 Å². The van der Waals surface area contributed by atoms with Gasteiger partial charge in [0.25, 0.3) is 5.69 Å². The highest BCUT2D eigenvalue weighted by atomic mass is 79.9. The van der Waals surface area contributed by atoms with Gasteiger partial charge in [-0.3, -0.25) is 10.1 Å². The Morgan fingerprint density at radius 2 is 1.86 bits per heavy atom. The quantitative estimate of drug-likeness (QED) is 0.378. The fourth-order valence-electron chi connectivity index (χ4n) is 1.61. The molecule has 0 bridgehead atoms. The van der Waals surface area contributed by atoms with Crippen molar-refractivity contribution >= 4 is 44.8 Å².